The second-order valence-corrected chi connectivity index (χ2v) is 18.2. The van der Waals surface area contributed by atoms with Crippen molar-refractivity contribution in [1.82, 2.24) is 0 Å². The minimum absolute atomic E-state index is 0.0417. The molecule has 4 amide bonds. The molecule has 0 aromatic heterocycles. The molecule has 4 N–H and O–H groups in total. The molecule has 0 saturated carbocycles. The van der Waals surface area contributed by atoms with Crippen molar-refractivity contribution >= 4 is 127 Å². The van der Waals surface area contributed by atoms with Gasteiger partial charge in [-0.3, -0.25) is 28.8 Å². The summed E-state index contributed by atoms with van der Waals surface area (Å²) in [4.78, 5) is 79.3. The Morgan fingerprint density at radius 1 is 0.563 bits per heavy atom. The normalized spacial score (nSPS) is 12.9. The Bertz CT molecular complexity index is 2880. The summed E-state index contributed by atoms with van der Waals surface area (Å²) in [7, 11) is 0. The van der Waals surface area contributed by atoms with Crippen molar-refractivity contribution in [3.05, 3.63) is 129 Å². The van der Waals surface area contributed by atoms with Crippen molar-refractivity contribution in [1.29, 1.82) is 0 Å². The Morgan fingerprint density at radius 3 is 1.42 bits per heavy atom. The van der Waals surface area contributed by atoms with Crippen LogP contribution in [0.3, 0.4) is 0 Å². The number of amides is 4. The molecule has 71 heavy (non-hydrogen) atoms. The fourth-order valence-corrected chi connectivity index (χ4v) is 7.51. The van der Waals surface area contributed by atoms with E-state index < -0.39 is 47.3 Å². The molecule has 0 aliphatic rings. The number of benzene rings is 5. The Labute approximate surface area is 435 Å². The van der Waals surface area contributed by atoms with Gasteiger partial charge in [0.1, 0.15) is 11.5 Å². The molecule has 5 aromatic carbocycles. The number of anilines is 4. The first-order valence-corrected chi connectivity index (χ1v) is 24.2. The van der Waals surface area contributed by atoms with Crippen LogP contribution in [-0.4, -0.2) is 66.4 Å². The van der Waals surface area contributed by atoms with Gasteiger partial charge in [-0.25, -0.2) is 0 Å². The molecule has 16 nitrogen and oxygen atoms in total. The van der Waals surface area contributed by atoms with E-state index in [0.29, 0.717) is 41.7 Å². The van der Waals surface area contributed by atoms with Gasteiger partial charge in [0.2, 0.25) is 12.1 Å². The molecule has 0 bridgehead atoms. The zero-order valence-corrected chi connectivity index (χ0v) is 43.0. The highest BCUT2D eigenvalue weighted by Crippen LogP contribution is 2.32. The summed E-state index contributed by atoms with van der Waals surface area (Å²) in [6.45, 7) is 10.4. The number of azo groups is 2. The lowest BCUT2D eigenvalue weighted by Gasteiger charge is -2.15. The summed E-state index contributed by atoms with van der Waals surface area (Å²) >= 11 is 31.5. The summed E-state index contributed by atoms with van der Waals surface area (Å²) < 4.78 is 11.2. The van der Waals surface area contributed by atoms with Crippen LogP contribution < -0.4 is 30.7 Å². The lowest BCUT2D eigenvalue weighted by Crippen LogP contribution is -2.32. The van der Waals surface area contributed by atoms with Gasteiger partial charge < -0.3 is 30.7 Å². The topological polar surface area (TPSA) is 218 Å². The van der Waals surface area contributed by atoms with Gasteiger partial charge in [0.15, 0.2) is 11.6 Å². The van der Waals surface area contributed by atoms with Gasteiger partial charge in [0.25, 0.3) is 23.6 Å². The highest BCUT2D eigenvalue weighted by molar-refractivity contribution is 6.35. The molecule has 0 fully saturated rings. The molecule has 5 rings (SSSR count). The first-order valence-electron chi connectivity index (χ1n) is 22.0. The van der Waals surface area contributed by atoms with E-state index in [1.165, 1.54) is 68.4 Å². The van der Waals surface area contributed by atoms with Crippen LogP contribution in [0, 0.1) is 0 Å². The summed E-state index contributed by atoms with van der Waals surface area (Å²) in [5.41, 5.74) is 3.55. The molecular formula is C50H49Cl5N8O8. The average Bonchev–Trinajstić information content (AvgIpc) is 3.30. The maximum Gasteiger partial charge on any atom is 0.258 e. The third-order valence-electron chi connectivity index (χ3n) is 10.1. The van der Waals surface area contributed by atoms with E-state index in [9.17, 15) is 28.8 Å². The second-order valence-electron chi connectivity index (χ2n) is 15.7. The van der Waals surface area contributed by atoms with Crippen LogP contribution in [0.25, 0.3) is 0 Å². The van der Waals surface area contributed by atoms with E-state index >= 15 is 0 Å². The number of rotatable bonds is 22. The number of hydrogen-bond acceptors (Lipinski definition) is 12. The third-order valence-corrected chi connectivity index (χ3v) is 11.5. The monoisotopic (exact) mass is 1060 g/mol. The number of aryl methyl sites for hydroxylation is 1. The Kier molecular flexibility index (Phi) is 20.4. The van der Waals surface area contributed by atoms with Crippen LogP contribution in [0.4, 0.5) is 34.1 Å². The largest absolute Gasteiger partial charge is 0.494 e. The van der Waals surface area contributed by atoms with Crippen molar-refractivity contribution in [2.75, 3.05) is 40.4 Å². The van der Waals surface area contributed by atoms with Crippen molar-refractivity contribution in [3.8, 4) is 11.5 Å². The molecule has 0 heterocycles. The van der Waals surface area contributed by atoms with Gasteiger partial charge in [-0.15, -0.1) is 34.8 Å². The zero-order valence-electron chi connectivity index (χ0n) is 39.2. The minimum atomic E-state index is -1.61. The van der Waals surface area contributed by atoms with E-state index in [1.807, 2.05) is 13.8 Å². The molecule has 0 aliphatic carbocycles. The number of carbonyl (C=O) groups excluding carboxylic acids is 6. The second kappa shape index (κ2) is 26.1. The standard InChI is InChI=1S/C50H49Cl5N8O8/c1-7-70-38-20-31(26(3)52)18-36(22-38)57-47(66)40-24-34(9-12-42(40)54)60-62-45(28(5)64)49(68)56-33-11-14-44(30(17-33)15-16-51)59-50(69)46(29(6)65)63-61-35-10-13-43(55)41(25-35)48(67)58-37-19-32(27(4)53)21-39(23-37)71-8-2/h9-14,17-27,45-46H,7-8,15-16H2,1-6H3,(H,56,68)(H,57,66)(H,58,67)(H,59,69). The smallest absolute Gasteiger partial charge is 0.258 e. The lowest BCUT2D eigenvalue weighted by atomic mass is 10.1. The molecule has 0 aliphatic heterocycles. The number of nitrogens with zero attached hydrogens (tertiary/aromatic N) is 4. The van der Waals surface area contributed by atoms with Crippen molar-refractivity contribution < 1.29 is 38.2 Å². The van der Waals surface area contributed by atoms with Gasteiger partial charge >= 0.3 is 0 Å². The molecule has 5 aromatic rings. The number of carbonyl (C=O) groups is 6. The summed E-state index contributed by atoms with van der Waals surface area (Å²) in [6, 6.07) is 20.0. The molecule has 21 heteroatoms. The SMILES string of the molecule is CCOc1cc(NC(=O)c2cc(N=NC(C(C)=O)C(=O)Nc3ccc(NC(=O)C(N=Nc4ccc(Cl)c(C(=O)Nc5cc(OCC)cc(C(C)Cl)c5)c4)C(C)=O)c(CCCl)c3)ccc2Cl)cc(C(C)Cl)c1. The van der Waals surface area contributed by atoms with Crippen molar-refractivity contribution in [2.45, 2.75) is 70.8 Å². The molecule has 4 atom stereocenters. The highest BCUT2D eigenvalue weighted by Gasteiger charge is 2.26. The van der Waals surface area contributed by atoms with Crippen LogP contribution >= 0.6 is 58.0 Å². The maximum atomic E-state index is 13.6. The Morgan fingerprint density at radius 2 is 1.01 bits per heavy atom. The summed E-state index contributed by atoms with van der Waals surface area (Å²) in [5.74, 6) is -2.94. The quantitative estimate of drug-likeness (QED) is 0.0296. The van der Waals surface area contributed by atoms with Crippen LogP contribution in [0.15, 0.2) is 111 Å². The predicted octanol–water partition coefficient (Wildman–Crippen LogP) is 13.0. The Balaban J connectivity index is 1.28. The number of halogens is 5. The van der Waals surface area contributed by atoms with Crippen LogP contribution in [0.2, 0.25) is 10.0 Å². The predicted molar refractivity (Wildman–Crippen MR) is 279 cm³/mol. The number of alkyl halides is 3. The molecule has 0 radical (unpaired) electrons. The maximum absolute atomic E-state index is 13.6. The number of Topliss-reactive ketones (excluding diaryl/α,β-unsaturated/α-hetero) is 2. The number of ketones is 2. The lowest BCUT2D eigenvalue weighted by molar-refractivity contribution is -0.127. The third kappa shape index (κ3) is 15.8. The number of nitrogens with one attached hydrogen (secondary N) is 4. The van der Waals surface area contributed by atoms with E-state index in [0.717, 1.165) is 11.1 Å². The first kappa shape index (κ1) is 55.5. The summed E-state index contributed by atoms with van der Waals surface area (Å²) in [6.07, 6.45) is 0.207. The Hall–Kier alpha value is -6.43. The van der Waals surface area contributed by atoms with E-state index in [-0.39, 0.29) is 67.0 Å². The van der Waals surface area contributed by atoms with Gasteiger partial charge in [0, 0.05) is 40.8 Å². The molecule has 372 valence electrons. The molecule has 4 unspecified atom stereocenters. The highest BCUT2D eigenvalue weighted by atomic mass is 35.5. The van der Waals surface area contributed by atoms with Gasteiger partial charge in [-0.05, 0) is 144 Å². The van der Waals surface area contributed by atoms with E-state index in [1.54, 1.807) is 50.2 Å². The van der Waals surface area contributed by atoms with Gasteiger partial charge in [-0.2, -0.15) is 20.5 Å². The zero-order chi connectivity index (χ0) is 51.9. The van der Waals surface area contributed by atoms with E-state index in [4.69, 9.17) is 67.5 Å². The molecular weight excluding hydrogens is 1020 g/mol. The van der Waals surface area contributed by atoms with Crippen molar-refractivity contribution in [3.63, 3.8) is 0 Å². The number of ether oxygens (including phenoxy) is 2. The first-order chi connectivity index (χ1) is 33.8. The van der Waals surface area contributed by atoms with E-state index in [2.05, 4.69) is 41.7 Å². The van der Waals surface area contributed by atoms with Crippen LogP contribution in [-0.2, 0) is 25.6 Å². The minimum Gasteiger partial charge on any atom is -0.494 e. The fraction of sp³-hybridized carbons (Fsp3) is 0.280. The fourth-order valence-electron chi connectivity index (χ4n) is 6.64. The van der Waals surface area contributed by atoms with Crippen LogP contribution in [0.1, 0.15) is 89.7 Å². The summed E-state index contributed by atoms with van der Waals surface area (Å²) in [5, 5.41) is 26.6. The molecule has 0 saturated heterocycles. The van der Waals surface area contributed by atoms with Gasteiger partial charge in [-0.1, -0.05) is 23.2 Å². The van der Waals surface area contributed by atoms with Gasteiger partial charge in [0.05, 0.1) is 56.5 Å². The number of hydrogen-bond donors (Lipinski definition) is 4. The van der Waals surface area contributed by atoms with Crippen LogP contribution in [0.5, 0.6) is 11.5 Å². The average molecular weight is 1070 g/mol. The molecule has 0 spiro atoms. The van der Waals surface area contributed by atoms with Crippen molar-refractivity contribution in [2.24, 2.45) is 20.5 Å².